The Morgan fingerprint density at radius 2 is 1.97 bits per heavy atom. The van der Waals surface area contributed by atoms with Crippen LogP contribution in [0.25, 0.3) is 16.7 Å². The molecule has 2 aromatic heterocycles. The lowest BCUT2D eigenvalue weighted by atomic mass is 9.85. The summed E-state index contributed by atoms with van der Waals surface area (Å²) in [6, 6.07) is 6.77. The second-order valence-corrected chi connectivity index (χ2v) is 9.01. The maximum Gasteiger partial charge on any atom is 0.320 e. The van der Waals surface area contributed by atoms with E-state index in [9.17, 15) is 4.39 Å². The number of hydrogen-bond donors (Lipinski definition) is 1. The Morgan fingerprint density at radius 3 is 2.66 bits per heavy atom. The average molecular weight is 543 g/mol. The monoisotopic (exact) mass is 542 g/mol. The molecule has 4 unspecified atom stereocenters. The number of hydrogen-bond acceptors (Lipinski definition) is 7. The molecule has 3 fully saturated rings. The molecule has 4 atom stereocenters. The third kappa shape index (κ3) is 4.93. The summed E-state index contributed by atoms with van der Waals surface area (Å²) in [5.41, 5.74) is 3.05. The van der Waals surface area contributed by atoms with Gasteiger partial charge in [-0.15, -0.1) is 12.4 Å². The summed E-state index contributed by atoms with van der Waals surface area (Å²) in [4.78, 5) is 11.4. The van der Waals surface area contributed by atoms with Gasteiger partial charge < -0.3 is 19.7 Å². The summed E-state index contributed by atoms with van der Waals surface area (Å²) in [6.07, 6.45) is 3.01. The van der Waals surface area contributed by atoms with Crippen molar-refractivity contribution in [2.75, 3.05) is 38.3 Å². The highest BCUT2D eigenvalue weighted by atomic mass is 35.5. The highest BCUT2D eigenvalue weighted by molar-refractivity contribution is 7.59. The number of nitrogens with zero attached hydrogens (tertiary/aromatic N) is 5. The molecule has 8 nitrogen and oxygen atoms in total. The van der Waals surface area contributed by atoms with E-state index in [1.807, 2.05) is 16.9 Å². The number of ether oxygens (including phenoxy) is 2. The lowest BCUT2D eigenvalue weighted by Crippen LogP contribution is -2.37. The predicted octanol–water partition coefficient (Wildman–Crippen LogP) is 3.17. The number of aromatic nitrogens is 4. The first-order valence-electron chi connectivity index (χ1n) is 11.3. The van der Waals surface area contributed by atoms with Crippen molar-refractivity contribution in [1.29, 1.82) is 0 Å². The van der Waals surface area contributed by atoms with Gasteiger partial charge in [-0.25, -0.2) is 9.07 Å². The normalized spacial score (nSPS) is 25.1. The van der Waals surface area contributed by atoms with Gasteiger partial charge in [0, 0.05) is 30.5 Å². The molecular weight excluding hydrogens is 511 g/mol. The van der Waals surface area contributed by atoms with E-state index in [0.717, 1.165) is 60.4 Å². The third-order valence-electron chi connectivity index (χ3n) is 7.04. The lowest BCUT2D eigenvalue weighted by molar-refractivity contribution is 0.0988. The van der Waals surface area contributed by atoms with Crippen molar-refractivity contribution in [1.82, 2.24) is 25.1 Å². The van der Waals surface area contributed by atoms with Crippen LogP contribution in [0.3, 0.4) is 0 Å². The fourth-order valence-electron chi connectivity index (χ4n) is 5.39. The molecule has 35 heavy (non-hydrogen) atoms. The van der Waals surface area contributed by atoms with Crippen molar-refractivity contribution >= 4 is 56.1 Å². The Morgan fingerprint density at radius 1 is 1.17 bits per heavy atom. The van der Waals surface area contributed by atoms with Gasteiger partial charge in [0.1, 0.15) is 12.0 Å². The van der Waals surface area contributed by atoms with Crippen LogP contribution < -0.4 is 15.0 Å². The summed E-state index contributed by atoms with van der Waals surface area (Å²) in [6.45, 7) is 4.82. The van der Waals surface area contributed by atoms with Crippen LogP contribution >= 0.6 is 39.4 Å². The van der Waals surface area contributed by atoms with Crippen LogP contribution in [0.2, 0.25) is 0 Å². The van der Waals surface area contributed by atoms with Crippen molar-refractivity contribution in [2.45, 2.75) is 44.0 Å². The van der Waals surface area contributed by atoms with E-state index >= 15 is 0 Å². The number of anilines is 1. The number of methoxy groups -OCH3 is 1. The van der Waals surface area contributed by atoms with Gasteiger partial charge >= 0.3 is 6.01 Å². The summed E-state index contributed by atoms with van der Waals surface area (Å²) < 4.78 is 27.7. The molecule has 0 saturated carbocycles. The number of halogens is 2. The molecule has 3 aromatic rings. The fourth-order valence-corrected chi connectivity index (χ4v) is 5.39. The molecule has 192 valence electrons. The molecule has 5 heterocycles. The van der Waals surface area contributed by atoms with E-state index in [1.165, 1.54) is 0 Å². The predicted molar refractivity (Wildman–Crippen MR) is 147 cm³/mol. The molecule has 1 aromatic carbocycles. The van der Waals surface area contributed by atoms with Crippen LogP contribution in [0, 0.1) is 6.92 Å². The molecule has 1 N–H and O–H groups in total. The van der Waals surface area contributed by atoms with Crippen molar-refractivity contribution in [2.24, 2.45) is 0 Å². The van der Waals surface area contributed by atoms with E-state index < -0.39 is 6.17 Å². The Labute approximate surface area is 224 Å². The second-order valence-electron chi connectivity index (χ2n) is 9.01. The molecule has 0 radical (unpaired) electrons. The minimum atomic E-state index is -0.894. The average Bonchev–Trinajstić information content (AvgIpc) is 3.54. The molecular formula is C23H32ClFN6O2S2. The van der Waals surface area contributed by atoms with Gasteiger partial charge in [0.05, 0.1) is 37.6 Å². The molecule has 3 aliphatic heterocycles. The van der Waals surface area contributed by atoms with Crippen LogP contribution in [0.1, 0.15) is 29.9 Å². The van der Waals surface area contributed by atoms with Gasteiger partial charge in [-0.1, -0.05) is 0 Å². The summed E-state index contributed by atoms with van der Waals surface area (Å²) in [7, 11) is 1.57. The quantitative estimate of drug-likeness (QED) is 0.542. The Bertz CT molecular complexity index is 1180. The number of alkyl halides is 1. The van der Waals surface area contributed by atoms with E-state index in [4.69, 9.17) is 9.47 Å². The Hall–Kier alpha value is -1.79. The van der Waals surface area contributed by atoms with Gasteiger partial charge in [-0.3, -0.25) is 0 Å². The maximum absolute atomic E-state index is 14.7. The first kappa shape index (κ1) is 27.8. The molecule has 0 amide bonds. The first-order chi connectivity index (χ1) is 15.6. The van der Waals surface area contributed by atoms with Gasteiger partial charge in [-0.05, 0) is 49.6 Å². The molecule has 3 saturated heterocycles. The standard InChI is InChI=1S/C23H27FN6O2.ClH.2H2S/c1-13-5-14-9-26-30(20(14)7-18(13)17-3-4-25-10-19(17)24)22-8-21(27-23(28-22)31-2)29-11-16-6-15(29)12-32-16;;;/h5,7-9,15-17,19,25H,3-4,6,10-12H2,1-2H3;1H;2*1H2. The van der Waals surface area contributed by atoms with Crippen LogP contribution in [-0.2, 0) is 4.74 Å². The number of rotatable bonds is 4. The van der Waals surface area contributed by atoms with Crippen LogP contribution in [0.5, 0.6) is 6.01 Å². The van der Waals surface area contributed by atoms with Gasteiger partial charge in [0.2, 0.25) is 0 Å². The van der Waals surface area contributed by atoms with Crippen LogP contribution in [0.4, 0.5) is 10.2 Å². The van der Waals surface area contributed by atoms with E-state index in [-0.39, 0.29) is 51.4 Å². The Balaban J connectivity index is 0.00000114. The van der Waals surface area contributed by atoms with Gasteiger partial charge in [-0.2, -0.15) is 42.1 Å². The third-order valence-corrected chi connectivity index (χ3v) is 7.04. The minimum Gasteiger partial charge on any atom is -0.467 e. The molecule has 0 spiro atoms. The molecule has 6 rings (SSSR count). The zero-order valence-corrected chi connectivity index (χ0v) is 22.5. The van der Waals surface area contributed by atoms with Gasteiger partial charge in [0.15, 0.2) is 5.82 Å². The number of fused-ring (bicyclic) bond motifs is 3. The van der Waals surface area contributed by atoms with E-state index in [2.05, 4.69) is 44.3 Å². The fraction of sp³-hybridized carbons (Fsp3) is 0.522. The summed E-state index contributed by atoms with van der Waals surface area (Å²) in [5.74, 6) is 1.35. The van der Waals surface area contributed by atoms with Crippen molar-refractivity contribution in [3.8, 4) is 11.8 Å². The minimum absolute atomic E-state index is 0. The number of aryl methyl sites for hydroxylation is 1. The number of nitrogens with one attached hydrogen (secondary N) is 1. The molecule has 12 heteroatoms. The largest absolute Gasteiger partial charge is 0.467 e. The number of piperidine rings is 1. The van der Waals surface area contributed by atoms with E-state index in [1.54, 1.807) is 7.11 Å². The number of morpholine rings is 1. The van der Waals surface area contributed by atoms with Crippen LogP contribution in [-0.4, -0.2) is 71.4 Å². The molecule has 3 aliphatic rings. The topological polar surface area (TPSA) is 77.3 Å². The van der Waals surface area contributed by atoms with Crippen molar-refractivity contribution in [3.63, 3.8) is 0 Å². The van der Waals surface area contributed by atoms with Crippen molar-refractivity contribution < 1.29 is 13.9 Å². The van der Waals surface area contributed by atoms with Crippen LogP contribution in [0.15, 0.2) is 24.4 Å². The number of benzene rings is 1. The lowest BCUT2D eigenvalue weighted by Gasteiger charge is -2.28. The smallest absolute Gasteiger partial charge is 0.320 e. The molecule has 0 aliphatic carbocycles. The highest BCUT2D eigenvalue weighted by Crippen LogP contribution is 2.35. The summed E-state index contributed by atoms with van der Waals surface area (Å²) >= 11 is 0. The summed E-state index contributed by atoms with van der Waals surface area (Å²) in [5, 5.41) is 8.77. The zero-order valence-electron chi connectivity index (χ0n) is 19.7. The van der Waals surface area contributed by atoms with Crippen molar-refractivity contribution in [3.05, 3.63) is 35.5 Å². The second kappa shape index (κ2) is 11.1. The molecule has 2 bridgehead atoms. The first-order valence-corrected chi connectivity index (χ1v) is 11.3. The SMILES string of the molecule is COc1nc(N2CC3CC2CO3)cc(-n2ncc3cc(C)c(C4CCNCC4F)cc32)n1.Cl.S.S. The maximum atomic E-state index is 14.7. The van der Waals surface area contributed by atoms with Gasteiger partial charge in [0.25, 0.3) is 0 Å². The highest BCUT2D eigenvalue weighted by Gasteiger charge is 2.40. The zero-order chi connectivity index (χ0) is 21.8. The van der Waals surface area contributed by atoms with E-state index in [0.29, 0.717) is 24.4 Å². The Kier molecular flexibility index (Phi) is 8.80.